The van der Waals surface area contributed by atoms with Gasteiger partial charge in [-0.3, -0.25) is 14.5 Å². The monoisotopic (exact) mass is 535 g/mol. The van der Waals surface area contributed by atoms with Gasteiger partial charge in [0.1, 0.15) is 6.61 Å². The van der Waals surface area contributed by atoms with Crippen molar-refractivity contribution in [1.29, 1.82) is 0 Å². The first-order valence-corrected chi connectivity index (χ1v) is 10.8. The van der Waals surface area contributed by atoms with Crippen LogP contribution in [0.3, 0.4) is 0 Å². The molecule has 0 saturated carbocycles. The third-order valence-corrected chi connectivity index (χ3v) is 6.13. The molecule has 1 fully saturated rings. The molecule has 0 atom stereocenters. The van der Waals surface area contributed by atoms with Crippen molar-refractivity contribution in [2.45, 2.75) is 6.54 Å². The highest BCUT2D eigenvalue weighted by molar-refractivity contribution is 9.10. The van der Waals surface area contributed by atoms with Crippen LogP contribution in [0.5, 0.6) is 11.5 Å². The molecule has 2 aromatic carbocycles. The summed E-state index contributed by atoms with van der Waals surface area (Å²) in [6.07, 6.45) is 6.89. The van der Waals surface area contributed by atoms with Crippen LogP contribution in [0.4, 0.5) is 4.79 Å². The van der Waals surface area contributed by atoms with E-state index in [1.165, 1.54) is 12.0 Å². The smallest absolute Gasteiger partial charge is 0.293 e. The van der Waals surface area contributed by atoms with E-state index in [1.807, 2.05) is 24.3 Å². The summed E-state index contributed by atoms with van der Waals surface area (Å²) in [5.41, 5.74) is 1.55. The fourth-order valence-electron chi connectivity index (χ4n) is 2.60. The molecule has 1 aliphatic heterocycles. The van der Waals surface area contributed by atoms with Crippen molar-refractivity contribution in [3.63, 3.8) is 0 Å². The number of carbonyl (C=O) groups is 2. The Labute approximate surface area is 189 Å². The molecule has 0 spiro atoms. The van der Waals surface area contributed by atoms with Gasteiger partial charge in [0.15, 0.2) is 11.5 Å². The van der Waals surface area contributed by atoms with E-state index >= 15 is 0 Å². The summed E-state index contributed by atoms with van der Waals surface area (Å²) in [5, 5.41) is -0.304. The molecule has 3 rings (SSSR count). The van der Waals surface area contributed by atoms with Gasteiger partial charge in [0.05, 0.1) is 18.6 Å². The number of hydrogen-bond donors (Lipinski definition) is 0. The summed E-state index contributed by atoms with van der Waals surface area (Å²) in [4.78, 5) is 26.7. The highest BCUT2D eigenvalue weighted by Gasteiger charge is 2.35. The molecule has 1 saturated heterocycles. The first-order valence-electron chi connectivity index (χ1n) is 8.36. The van der Waals surface area contributed by atoms with Crippen LogP contribution in [0.25, 0.3) is 6.08 Å². The molecule has 0 bridgehead atoms. The molecule has 1 heterocycles. The quantitative estimate of drug-likeness (QED) is 0.362. The largest absolute Gasteiger partial charge is 0.493 e. The summed E-state index contributed by atoms with van der Waals surface area (Å²) in [6, 6.07) is 10.9. The lowest BCUT2D eigenvalue weighted by atomic mass is 10.1. The van der Waals surface area contributed by atoms with Crippen LogP contribution in [0.1, 0.15) is 11.1 Å². The van der Waals surface area contributed by atoms with Gasteiger partial charge < -0.3 is 9.47 Å². The van der Waals surface area contributed by atoms with Crippen molar-refractivity contribution < 1.29 is 19.1 Å². The zero-order valence-corrected chi connectivity index (χ0v) is 19.3. The summed E-state index contributed by atoms with van der Waals surface area (Å²) in [7, 11) is 1.52. The normalized spacial score (nSPS) is 15.0. The molecule has 8 heteroatoms. The molecule has 5 nitrogen and oxygen atoms in total. The molecule has 29 heavy (non-hydrogen) atoms. The fraction of sp³-hybridized carbons (Fsp3) is 0.143. The molecule has 0 unspecified atom stereocenters. The predicted molar refractivity (Wildman–Crippen MR) is 121 cm³/mol. The SMILES string of the molecule is C#CCOc1cc(Br)c(/C=C2\SC(=O)N(Cc3ccc(Br)cc3)C2=O)cc1OC. The van der Waals surface area contributed by atoms with Crippen molar-refractivity contribution >= 4 is 60.8 Å². The van der Waals surface area contributed by atoms with E-state index in [4.69, 9.17) is 15.9 Å². The number of ether oxygens (including phenoxy) is 2. The van der Waals surface area contributed by atoms with Crippen molar-refractivity contribution in [3.8, 4) is 23.8 Å². The molecule has 0 N–H and O–H groups in total. The number of benzene rings is 2. The number of rotatable bonds is 6. The second kappa shape index (κ2) is 9.53. The van der Waals surface area contributed by atoms with E-state index < -0.39 is 0 Å². The Hall–Kier alpha value is -2.21. The van der Waals surface area contributed by atoms with E-state index in [0.717, 1.165) is 21.8 Å². The number of imide groups is 1. The zero-order valence-electron chi connectivity index (χ0n) is 15.3. The molecular weight excluding hydrogens is 522 g/mol. The third-order valence-electron chi connectivity index (χ3n) is 4.01. The lowest BCUT2D eigenvalue weighted by Gasteiger charge is -2.13. The number of amides is 2. The van der Waals surface area contributed by atoms with Gasteiger partial charge in [-0.1, -0.05) is 49.9 Å². The number of methoxy groups -OCH3 is 1. The highest BCUT2D eigenvalue weighted by atomic mass is 79.9. The van der Waals surface area contributed by atoms with E-state index in [-0.39, 0.29) is 24.3 Å². The minimum absolute atomic E-state index is 0.108. The first-order chi connectivity index (χ1) is 13.9. The van der Waals surface area contributed by atoms with Crippen LogP contribution in [-0.4, -0.2) is 29.8 Å². The van der Waals surface area contributed by atoms with Gasteiger partial charge >= 0.3 is 0 Å². The highest BCUT2D eigenvalue weighted by Crippen LogP contribution is 2.38. The summed E-state index contributed by atoms with van der Waals surface area (Å²) >= 11 is 7.75. The van der Waals surface area contributed by atoms with Gasteiger partial charge in [0.2, 0.25) is 0 Å². The number of thioether (sulfide) groups is 1. The van der Waals surface area contributed by atoms with Crippen LogP contribution >= 0.6 is 43.6 Å². The van der Waals surface area contributed by atoms with Gasteiger partial charge in [-0.25, -0.2) is 0 Å². The van der Waals surface area contributed by atoms with Crippen molar-refractivity contribution in [2.75, 3.05) is 13.7 Å². The lowest BCUT2D eigenvalue weighted by Crippen LogP contribution is -2.27. The van der Waals surface area contributed by atoms with Crippen LogP contribution < -0.4 is 9.47 Å². The zero-order chi connectivity index (χ0) is 21.0. The van der Waals surface area contributed by atoms with Crippen molar-refractivity contribution in [2.24, 2.45) is 0 Å². The fourth-order valence-corrected chi connectivity index (χ4v) is 4.13. The summed E-state index contributed by atoms with van der Waals surface area (Å²) in [5.74, 6) is 3.03. The minimum Gasteiger partial charge on any atom is -0.493 e. The second-order valence-corrected chi connectivity index (χ2v) is 8.67. The Bertz CT molecular complexity index is 1030. The lowest BCUT2D eigenvalue weighted by molar-refractivity contribution is -0.123. The second-order valence-electron chi connectivity index (χ2n) is 5.91. The molecule has 148 valence electrons. The topological polar surface area (TPSA) is 55.8 Å². The number of terminal acetylenes is 1. The Kier molecular flexibility index (Phi) is 7.06. The number of nitrogens with zero attached hydrogens (tertiary/aromatic N) is 1. The molecule has 1 aliphatic rings. The average Bonchev–Trinajstić information content (AvgIpc) is 2.97. The maximum absolute atomic E-state index is 12.8. The van der Waals surface area contributed by atoms with Crippen LogP contribution in [0.15, 0.2) is 50.2 Å². The maximum atomic E-state index is 12.8. The average molecular weight is 537 g/mol. The summed E-state index contributed by atoms with van der Waals surface area (Å²) in [6.45, 7) is 0.329. The van der Waals surface area contributed by atoms with Crippen LogP contribution in [0.2, 0.25) is 0 Å². The Morgan fingerprint density at radius 2 is 1.90 bits per heavy atom. The van der Waals surface area contributed by atoms with E-state index in [9.17, 15) is 9.59 Å². The van der Waals surface area contributed by atoms with Crippen molar-refractivity contribution in [1.82, 2.24) is 4.90 Å². The molecule has 0 aromatic heterocycles. The summed E-state index contributed by atoms with van der Waals surface area (Å²) < 4.78 is 12.4. The number of carbonyl (C=O) groups excluding carboxylic acids is 2. The third kappa shape index (κ3) is 5.04. The molecule has 2 amide bonds. The van der Waals surface area contributed by atoms with Gasteiger partial charge in [-0.05, 0) is 53.2 Å². The van der Waals surface area contributed by atoms with Crippen LogP contribution in [0, 0.1) is 12.3 Å². The Morgan fingerprint density at radius 3 is 2.55 bits per heavy atom. The standard InChI is InChI=1S/C21H15Br2NO4S/c1-3-8-28-18-11-16(23)14(9-17(18)27-2)10-19-20(25)24(21(26)29-19)12-13-4-6-15(22)7-5-13/h1,4-7,9-11H,8,12H2,2H3/b19-10-. The molecular formula is C21H15Br2NO4S. The molecule has 0 radical (unpaired) electrons. The predicted octanol–water partition coefficient (Wildman–Crippen LogP) is 5.47. The Balaban J connectivity index is 1.85. The Morgan fingerprint density at radius 1 is 1.17 bits per heavy atom. The van der Waals surface area contributed by atoms with Gasteiger partial charge in [-0.15, -0.1) is 6.42 Å². The molecule has 0 aliphatic carbocycles. The van der Waals surface area contributed by atoms with E-state index in [0.29, 0.717) is 26.4 Å². The number of halogens is 2. The maximum Gasteiger partial charge on any atom is 0.293 e. The van der Waals surface area contributed by atoms with Gasteiger partial charge in [-0.2, -0.15) is 0 Å². The number of hydrogen-bond acceptors (Lipinski definition) is 5. The van der Waals surface area contributed by atoms with E-state index in [2.05, 4.69) is 37.8 Å². The van der Waals surface area contributed by atoms with E-state index in [1.54, 1.807) is 18.2 Å². The van der Waals surface area contributed by atoms with Crippen LogP contribution in [-0.2, 0) is 11.3 Å². The minimum atomic E-state index is -0.332. The van der Waals surface area contributed by atoms with Gasteiger partial charge in [0, 0.05) is 8.95 Å². The van der Waals surface area contributed by atoms with Crippen molar-refractivity contribution in [3.05, 3.63) is 61.4 Å². The first kappa shape index (κ1) is 21.5. The molecule has 2 aromatic rings. The van der Waals surface area contributed by atoms with Gasteiger partial charge in [0.25, 0.3) is 11.1 Å².